The Kier molecular flexibility index (Phi) is 5.56. The molecule has 166 valence electrons. The molecule has 0 bridgehead atoms. The van der Waals surface area contributed by atoms with Crippen LogP contribution in [0, 0.1) is 5.41 Å². The van der Waals surface area contributed by atoms with E-state index < -0.39 is 35.1 Å². The molecule has 32 heavy (non-hydrogen) atoms. The molecule has 1 saturated carbocycles. The Hall–Kier alpha value is -3.88. The third-order valence-electron chi connectivity index (χ3n) is 6.36. The average Bonchev–Trinajstić information content (AvgIpc) is 2.82. The molecule has 9 heteroatoms. The first-order valence-corrected chi connectivity index (χ1v) is 10.1. The third-order valence-corrected chi connectivity index (χ3v) is 6.36. The topological polar surface area (TPSA) is 126 Å². The quantitative estimate of drug-likeness (QED) is 0.383. The van der Waals surface area contributed by atoms with Crippen LogP contribution in [0.3, 0.4) is 0 Å². The van der Waals surface area contributed by atoms with Gasteiger partial charge in [0, 0.05) is 11.8 Å². The summed E-state index contributed by atoms with van der Waals surface area (Å²) in [7, 11) is 3.09. The molecule has 2 fully saturated rings. The number of urea groups is 1. The summed E-state index contributed by atoms with van der Waals surface area (Å²) < 4.78 is 10.5. The van der Waals surface area contributed by atoms with Gasteiger partial charge < -0.3 is 14.7 Å². The summed E-state index contributed by atoms with van der Waals surface area (Å²) in [5.41, 5.74) is 0.190. The lowest BCUT2D eigenvalue weighted by molar-refractivity contribution is -0.148. The molecule has 2 unspecified atom stereocenters. The maximum atomic E-state index is 13.5. The van der Waals surface area contributed by atoms with E-state index in [1.54, 1.807) is 62.8 Å². The first-order chi connectivity index (χ1) is 15.4. The monoisotopic (exact) mass is 437 g/mol. The fourth-order valence-electron chi connectivity index (χ4n) is 4.82. The third kappa shape index (κ3) is 3.35. The van der Waals surface area contributed by atoms with Gasteiger partial charge in [0.2, 0.25) is 11.8 Å². The maximum Gasteiger partial charge on any atom is 0.328 e. The number of amides is 4. The maximum absolute atomic E-state index is 13.5. The Labute approximate surface area is 184 Å². The van der Waals surface area contributed by atoms with E-state index in [4.69, 9.17) is 9.47 Å². The van der Waals surface area contributed by atoms with Gasteiger partial charge in [0.1, 0.15) is 16.9 Å². The first-order valence-electron chi connectivity index (χ1n) is 10.1. The second-order valence-electron chi connectivity index (χ2n) is 7.83. The van der Waals surface area contributed by atoms with Gasteiger partial charge in [0.25, 0.3) is 0 Å². The van der Waals surface area contributed by atoms with Crippen molar-refractivity contribution in [3.8, 4) is 11.5 Å². The standard InChI is InChI=1S/C23H23N3O6/c1-31-16-7-3-13(4-8-16)18-11-15(26-30)12-19(14-5-9-17(32-2)10-6-14)23(18)20(27)24-22(29)25-21(23)28/h3-10,18-19,30H,11-12H2,1-2H3,(H2,24,25,27,28,29). The van der Waals surface area contributed by atoms with Gasteiger partial charge in [-0.3, -0.25) is 20.2 Å². The van der Waals surface area contributed by atoms with Gasteiger partial charge in [-0.25, -0.2) is 4.79 Å². The molecule has 1 spiro atoms. The Morgan fingerprint density at radius 3 is 1.56 bits per heavy atom. The molecule has 2 aromatic carbocycles. The second-order valence-corrected chi connectivity index (χ2v) is 7.83. The Morgan fingerprint density at radius 1 is 0.812 bits per heavy atom. The summed E-state index contributed by atoms with van der Waals surface area (Å²) >= 11 is 0. The molecular weight excluding hydrogens is 414 g/mol. The average molecular weight is 437 g/mol. The number of hydrogen-bond donors (Lipinski definition) is 3. The Morgan fingerprint density at radius 2 is 1.22 bits per heavy atom. The molecule has 1 heterocycles. The van der Waals surface area contributed by atoms with Gasteiger partial charge in [0.15, 0.2) is 0 Å². The lowest BCUT2D eigenvalue weighted by Crippen LogP contribution is -2.67. The van der Waals surface area contributed by atoms with Crippen molar-refractivity contribution in [1.29, 1.82) is 0 Å². The zero-order valence-electron chi connectivity index (χ0n) is 17.6. The van der Waals surface area contributed by atoms with Gasteiger partial charge >= 0.3 is 6.03 Å². The molecule has 4 amide bonds. The van der Waals surface area contributed by atoms with E-state index in [1.165, 1.54) is 0 Å². The molecular formula is C23H23N3O6. The van der Waals surface area contributed by atoms with Gasteiger partial charge in [-0.2, -0.15) is 0 Å². The van der Waals surface area contributed by atoms with E-state index in [9.17, 15) is 19.6 Å². The van der Waals surface area contributed by atoms with Crippen LogP contribution in [0.1, 0.15) is 35.8 Å². The van der Waals surface area contributed by atoms with Gasteiger partial charge in [-0.1, -0.05) is 29.4 Å². The van der Waals surface area contributed by atoms with Crippen molar-refractivity contribution in [1.82, 2.24) is 10.6 Å². The normalized spacial score (nSPS) is 22.2. The highest BCUT2D eigenvalue weighted by Gasteiger charge is 2.63. The first kappa shape index (κ1) is 21.4. The molecule has 1 aliphatic heterocycles. The zero-order chi connectivity index (χ0) is 22.9. The number of carbonyl (C=O) groups excluding carboxylic acids is 3. The molecule has 2 aromatic rings. The SMILES string of the molecule is COc1ccc(C2CC(=NO)CC(c3ccc(OC)cc3)C23C(=O)NC(=O)NC3=O)cc1. The number of barbiturate groups is 1. The van der Waals surface area contributed by atoms with Crippen LogP contribution in [0.15, 0.2) is 53.7 Å². The van der Waals surface area contributed by atoms with E-state index in [1.807, 2.05) is 0 Å². The fraction of sp³-hybridized carbons (Fsp3) is 0.304. The molecule has 1 aliphatic carbocycles. The highest BCUT2D eigenvalue weighted by molar-refractivity contribution is 6.21. The predicted molar refractivity (Wildman–Crippen MR) is 114 cm³/mol. The number of methoxy groups -OCH3 is 2. The number of ether oxygens (including phenoxy) is 2. The van der Waals surface area contributed by atoms with E-state index in [-0.39, 0.29) is 12.8 Å². The van der Waals surface area contributed by atoms with Crippen LogP contribution >= 0.6 is 0 Å². The minimum absolute atomic E-state index is 0.171. The van der Waals surface area contributed by atoms with Crippen LogP contribution in [-0.2, 0) is 9.59 Å². The summed E-state index contributed by atoms with van der Waals surface area (Å²) in [6.07, 6.45) is 0.342. The van der Waals surface area contributed by atoms with E-state index >= 15 is 0 Å². The number of nitrogens with zero attached hydrogens (tertiary/aromatic N) is 1. The molecule has 1 saturated heterocycles. The number of rotatable bonds is 4. The van der Waals surface area contributed by atoms with Crippen LogP contribution < -0.4 is 20.1 Å². The van der Waals surface area contributed by atoms with E-state index in [2.05, 4.69) is 15.8 Å². The van der Waals surface area contributed by atoms with Crippen molar-refractivity contribution in [3.05, 3.63) is 59.7 Å². The van der Waals surface area contributed by atoms with Crippen molar-refractivity contribution >= 4 is 23.6 Å². The van der Waals surface area contributed by atoms with Gasteiger partial charge in [0.05, 0.1) is 19.9 Å². The second kappa shape index (κ2) is 8.33. The van der Waals surface area contributed by atoms with Gasteiger partial charge in [-0.15, -0.1) is 0 Å². The van der Waals surface area contributed by atoms with Crippen LogP contribution in [0.5, 0.6) is 11.5 Å². The number of benzene rings is 2. The lowest BCUT2D eigenvalue weighted by atomic mass is 9.54. The summed E-state index contributed by atoms with van der Waals surface area (Å²) in [6, 6.07) is 13.2. The van der Waals surface area contributed by atoms with Crippen molar-refractivity contribution in [2.75, 3.05) is 14.2 Å². The van der Waals surface area contributed by atoms with Crippen molar-refractivity contribution < 1.29 is 29.1 Å². The van der Waals surface area contributed by atoms with Crippen LogP contribution in [-0.4, -0.2) is 43.0 Å². The molecule has 0 radical (unpaired) electrons. The smallest absolute Gasteiger partial charge is 0.328 e. The van der Waals surface area contributed by atoms with Crippen LogP contribution in [0.25, 0.3) is 0 Å². The van der Waals surface area contributed by atoms with Crippen LogP contribution in [0.4, 0.5) is 4.79 Å². The Bertz CT molecular complexity index is 996. The summed E-state index contributed by atoms with van der Waals surface area (Å²) in [6.45, 7) is 0. The van der Waals surface area contributed by atoms with Gasteiger partial charge in [-0.05, 0) is 48.2 Å². The summed E-state index contributed by atoms with van der Waals surface area (Å²) in [4.78, 5) is 38.8. The highest BCUT2D eigenvalue weighted by Crippen LogP contribution is 2.55. The minimum Gasteiger partial charge on any atom is -0.497 e. The summed E-state index contributed by atoms with van der Waals surface area (Å²) in [5.74, 6) is -1.49. The number of nitrogens with one attached hydrogen (secondary N) is 2. The molecule has 2 atom stereocenters. The number of imide groups is 2. The molecule has 2 aliphatic rings. The van der Waals surface area contributed by atoms with Crippen molar-refractivity contribution in [2.24, 2.45) is 10.6 Å². The fourth-order valence-corrected chi connectivity index (χ4v) is 4.82. The zero-order valence-corrected chi connectivity index (χ0v) is 17.6. The van der Waals surface area contributed by atoms with Crippen LogP contribution in [0.2, 0.25) is 0 Å². The predicted octanol–water partition coefficient (Wildman–Crippen LogP) is 2.55. The van der Waals surface area contributed by atoms with E-state index in [0.29, 0.717) is 28.3 Å². The highest BCUT2D eigenvalue weighted by atomic mass is 16.5. The summed E-state index contributed by atoms with van der Waals surface area (Å²) in [5, 5.41) is 17.7. The largest absolute Gasteiger partial charge is 0.497 e. The minimum atomic E-state index is -1.63. The van der Waals surface area contributed by atoms with Crippen molar-refractivity contribution in [2.45, 2.75) is 24.7 Å². The Balaban J connectivity index is 1.92. The number of hydrogen-bond acceptors (Lipinski definition) is 7. The molecule has 0 aromatic heterocycles. The lowest BCUT2D eigenvalue weighted by Gasteiger charge is -2.48. The number of carbonyl (C=O) groups is 3. The van der Waals surface area contributed by atoms with Crippen molar-refractivity contribution in [3.63, 3.8) is 0 Å². The number of oxime groups is 1. The molecule has 9 nitrogen and oxygen atoms in total. The molecule has 3 N–H and O–H groups in total. The van der Waals surface area contributed by atoms with E-state index in [0.717, 1.165) is 0 Å². The molecule has 4 rings (SSSR count).